The van der Waals surface area contributed by atoms with Crippen molar-refractivity contribution < 1.29 is 14.8 Å². The van der Waals surface area contributed by atoms with Crippen LogP contribution >= 0.6 is 0 Å². The average Bonchev–Trinajstić information content (AvgIpc) is 2.46. The van der Waals surface area contributed by atoms with Crippen LogP contribution in [0.5, 0.6) is 0 Å². The summed E-state index contributed by atoms with van der Waals surface area (Å²) in [7, 11) is 0. The highest BCUT2D eigenvalue weighted by atomic mass is 16.6. The number of aromatic carboxylic acids is 1. The van der Waals surface area contributed by atoms with Crippen LogP contribution in [0.15, 0.2) is 36.7 Å². The fraction of sp³-hybridized carbons (Fsp3) is 0.143. The van der Waals surface area contributed by atoms with Gasteiger partial charge in [-0.15, -0.1) is 0 Å². The normalized spacial score (nSPS) is 10.1. The molecule has 0 bridgehead atoms. The zero-order valence-electron chi connectivity index (χ0n) is 11.2. The van der Waals surface area contributed by atoms with Gasteiger partial charge in [0.15, 0.2) is 0 Å². The van der Waals surface area contributed by atoms with Crippen LogP contribution in [-0.2, 0) is 6.54 Å². The Labute approximate surface area is 120 Å². The number of pyridine rings is 1. The number of non-ortho nitro benzene ring substituents is 1. The molecule has 0 amide bonds. The van der Waals surface area contributed by atoms with E-state index in [1.807, 2.05) is 13.0 Å². The molecule has 0 unspecified atom stereocenters. The van der Waals surface area contributed by atoms with E-state index in [0.717, 1.165) is 17.2 Å². The number of nitro groups is 1. The van der Waals surface area contributed by atoms with E-state index in [4.69, 9.17) is 5.11 Å². The molecule has 0 aliphatic heterocycles. The van der Waals surface area contributed by atoms with Gasteiger partial charge in [0.1, 0.15) is 0 Å². The number of carboxylic acids is 1. The fourth-order valence-electron chi connectivity index (χ4n) is 1.85. The van der Waals surface area contributed by atoms with E-state index in [2.05, 4.69) is 10.3 Å². The molecule has 0 aliphatic rings. The molecule has 2 aromatic rings. The molecule has 0 radical (unpaired) electrons. The number of nitrogens with one attached hydrogen (secondary N) is 1. The van der Waals surface area contributed by atoms with Crippen molar-refractivity contribution in [2.24, 2.45) is 0 Å². The number of carboxylic acid groups (broad SMARTS) is 1. The second kappa shape index (κ2) is 6.00. The number of carbonyl (C=O) groups is 1. The summed E-state index contributed by atoms with van der Waals surface area (Å²) in [5.74, 6) is -1.22. The summed E-state index contributed by atoms with van der Waals surface area (Å²) in [6.07, 6.45) is 3.36. The van der Waals surface area contributed by atoms with Crippen LogP contribution in [-0.4, -0.2) is 21.0 Å². The number of hydrogen-bond acceptors (Lipinski definition) is 5. The van der Waals surface area contributed by atoms with Crippen LogP contribution in [0.25, 0.3) is 0 Å². The van der Waals surface area contributed by atoms with Crippen molar-refractivity contribution >= 4 is 17.3 Å². The van der Waals surface area contributed by atoms with Crippen molar-refractivity contribution in [2.75, 3.05) is 5.32 Å². The number of rotatable bonds is 5. The lowest BCUT2D eigenvalue weighted by molar-refractivity contribution is -0.384. The summed E-state index contributed by atoms with van der Waals surface area (Å²) >= 11 is 0. The van der Waals surface area contributed by atoms with E-state index in [1.54, 1.807) is 12.4 Å². The van der Waals surface area contributed by atoms with E-state index in [9.17, 15) is 14.9 Å². The van der Waals surface area contributed by atoms with Gasteiger partial charge >= 0.3 is 5.97 Å². The maximum atomic E-state index is 11.2. The molecular formula is C14H13N3O4. The third-order valence-corrected chi connectivity index (χ3v) is 3.06. The Balaban J connectivity index is 2.26. The van der Waals surface area contributed by atoms with Crippen LogP contribution in [0.4, 0.5) is 11.4 Å². The molecule has 1 heterocycles. The molecule has 2 N–H and O–H groups in total. The summed E-state index contributed by atoms with van der Waals surface area (Å²) < 4.78 is 0. The topological polar surface area (TPSA) is 105 Å². The van der Waals surface area contributed by atoms with Crippen LogP contribution in [0, 0.1) is 17.0 Å². The molecule has 7 nitrogen and oxygen atoms in total. The molecule has 0 fully saturated rings. The van der Waals surface area contributed by atoms with Crippen LogP contribution in [0.2, 0.25) is 0 Å². The largest absolute Gasteiger partial charge is 0.478 e. The molecule has 7 heteroatoms. The summed E-state index contributed by atoms with van der Waals surface area (Å²) in [4.78, 5) is 25.3. The quantitative estimate of drug-likeness (QED) is 0.646. The van der Waals surface area contributed by atoms with Crippen molar-refractivity contribution in [3.05, 3.63) is 63.5 Å². The molecule has 0 saturated carbocycles. The second-order valence-corrected chi connectivity index (χ2v) is 4.45. The SMILES string of the molecule is Cc1ccncc1CNc1ccc([N+](=O)[O-])cc1C(=O)O. The van der Waals surface area contributed by atoms with Gasteiger partial charge in [-0.1, -0.05) is 0 Å². The molecular weight excluding hydrogens is 274 g/mol. The lowest BCUT2D eigenvalue weighted by Crippen LogP contribution is -2.08. The molecule has 108 valence electrons. The van der Waals surface area contributed by atoms with Gasteiger partial charge in [-0.05, 0) is 30.2 Å². The first-order chi connectivity index (χ1) is 9.99. The van der Waals surface area contributed by atoms with Gasteiger partial charge in [0, 0.05) is 36.8 Å². The van der Waals surface area contributed by atoms with E-state index < -0.39 is 10.9 Å². The van der Waals surface area contributed by atoms with Crippen LogP contribution < -0.4 is 5.32 Å². The van der Waals surface area contributed by atoms with Crippen molar-refractivity contribution in [3.8, 4) is 0 Å². The minimum atomic E-state index is -1.22. The van der Waals surface area contributed by atoms with Gasteiger partial charge in [0.25, 0.3) is 5.69 Å². The standard InChI is InChI=1S/C14H13N3O4/c1-9-4-5-15-7-10(9)8-16-13-3-2-11(17(20)21)6-12(13)14(18)19/h2-7,16H,8H2,1H3,(H,18,19). The lowest BCUT2D eigenvalue weighted by Gasteiger charge is -2.10. The Morgan fingerprint density at radius 1 is 1.43 bits per heavy atom. The number of nitrogens with zero attached hydrogens (tertiary/aromatic N) is 2. The zero-order valence-corrected chi connectivity index (χ0v) is 11.2. The first-order valence-electron chi connectivity index (χ1n) is 6.14. The molecule has 2 rings (SSSR count). The van der Waals surface area contributed by atoms with E-state index in [0.29, 0.717) is 12.2 Å². The van der Waals surface area contributed by atoms with Crippen molar-refractivity contribution in [2.45, 2.75) is 13.5 Å². The van der Waals surface area contributed by atoms with Gasteiger partial charge in [-0.3, -0.25) is 15.1 Å². The smallest absolute Gasteiger partial charge is 0.338 e. The Kier molecular flexibility index (Phi) is 4.13. The minimum Gasteiger partial charge on any atom is -0.478 e. The lowest BCUT2D eigenvalue weighted by atomic mass is 10.1. The molecule has 0 aliphatic carbocycles. The fourth-order valence-corrected chi connectivity index (χ4v) is 1.85. The number of aromatic nitrogens is 1. The van der Waals surface area contributed by atoms with Gasteiger partial charge in [-0.25, -0.2) is 4.79 Å². The second-order valence-electron chi connectivity index (χ2n) is 4.45. The zero-order chi connectivity index (χ0) is 15.4. The van der Waals surface area contributed by atoms with Crippen LogP contribution in [0.1, 0.15) is 21.5 Å². The number of anilines is 1. The molecule has 1 aromatic carbocycles. The van der Waals surface area contributed by atoms with Crippen molar-refractivity contribution in [3.63, 3.8) is 0 Å². The predicted molar refractivity (Wildman–Crippen MR) is 76.4 cm³/mol. The van der Waals surface area contributed by atoms with Crippen molar-refractivity contribution in [1.82, 2.24) is 4.98 Å². The van der Waals surface area contributed by atoms with E-state index >= 15 is 0 Å². The highest BCUT2D eigenvalue weighted by Crippen LogP contribution is 2.23. The minimum absolute atomic E-state index is 0.134. The molecule has 0 spiro atoms. The van der Waals surface area contributed by atoms with Crippen molar-refractivity contribution in [1.29, 1.82) is 0 Å². The van der Waals surface area contributed by atoms with Crippen LogP contribution in [0.3, 0.4) is 0 Å². The Hall–Kier alpha value is -2.96. The molecule has 0 saturated heterocycles. The summed E-state index contributed by atoms with van der Waals surface area (Å²) in [5, 5.41) is 22.8. The summed E-state index contributed by atoms with van der Waals surface area (Å²) in [5.41, 5.74) is 1.89. The van der Waals surface area contributed by atoms with Gasteiger partial charge < -0.3 is 10.4 Å². The number of aryl methyl sites for hydroxylation is 1. The summed E-state index contributed by atoms with van der Waals surface area (Å²) in [6.45, 7) is 2.31. The van der Waals surface area contributed by atoms with Gasteiger partial charge in [0.05, 0.1) is 10.5 Å². The summed E-state index contributed by atoms with van der Waals surface area (Å²) in [6, 6.07) is 5.56. The highest BCUT2D eigenvalue weighted by Gasteiger charge is 2.15. The van der Waals surface area contributed by atoms with Gasteiger partial charge in [0.2, 0.25) is 0 Å². The number of benzene rings is 1. The Morgan fingerprint density at radius 2 is 2.19 bits per heavy atom. The molecule has 0 atom stereocenters. The number of hydrogen-bond donors (Lipinski definition) is 2. The maximum Gasteiger partial charge on any atom is 0.338 e. The molecule has 21 heavy (non-hydrogen) atoms. The number of nitro benzene ring substituents is 1. The van der Waals surface area contributed by atoms with E-state index in [-0.39, 0.29) is 11.3 Å². The average molecular weight is 287 g/mol. The third-order valence-electron chi connectivity index (χ3n) is 3.06. The Bertz CT molecular complexity index is 700. The van der Waals surface area contributed by atoms with E-state index in [1.165, 1.54) is 12.1 Å². The maximum absolute atomic E-state index is 11.2. The first kappa shape index (κ1) is 14.4. The predicted octanol–water partition coefficient (Wildman–Crippen LogP) is 2.61. The third kappa shape index (κ3) is 3.33. The van der Waals surface area contributed by atoms with Gasteiger partial charge in [-0.2, -0.15) is 0 Å². The first-order valence-corrected chi connectivity index (χ1v) is 6.14. The highest BCUT2D eigenvalue weighted by molar-refractivity contribution is 5.95. The molecule has 1 aromatic heterocycles. The monoisotopic (exact) mass is 287 g/mol. The Morgan fingerprint density at radius 3 is 2.81 bits per heavy atom.